The van der Waals surface area contributed by atoms with Crippen molar-refractivity contribution in [2.45, 2.75) is 30.7 Å². The van der Waals surface area contributed by atoms with Crippen molar-refractivity contribution in [2.24, 2.45) is 0 Å². The second-order valence-electron chi connectivity index (χ2n) is 7.01. The van der Waals surface area contributed by atoms with Gasteiger partial charge in [-0.1, -0.05) is 53.7 Å². The Balaban J connectivity index is 1.47. The van der Waals surface area contributed by atoms with E-state index in [1.54, 1.807) is 6.20 Å². The van der Waals surface area contributed by atoms with Crippen LogP contribution in [0.5, 0.6) is 0 Å². The number of amides is 2. The summed E-state index contributed by atoms with van der Waals surface area (Å²) < 4.78 is 0.509. The zero-order valence-electron chi connectivity index (χ0n) is 17.4. The van der Waals surface area contributed by atoms with Crippen LogP contribution in [0.25, 0.3) is 0 Å². The third-order valence-electron chi connectivity index (χ3n) is 4.42. The molecule has 0 atom stereocenters. The number of hydrogen-bond acceptors (Lipinski definition) is 5. The number of halogens is 2. The average molecular weight is 534 g/mol. The minimum Gasteiger partial charge on any atom is -0.351 e. The first-order valence-corrected chi connectivity index (χ1v) is 12.1. The molecule has 0 aliphatic heterocycles. The van der Waals surface area contributed by atoms with Crippen LogP contribution in [-0.2, 0) is 10.5 Å². The molecule has 0 unspecified atom stereocenters. The van der Waals surface area contributed by atoms with Gasteiger partial charge in [-0.2, -0.15) is 0 Å². The van der Waals surface area contributed by atoms with Crippen molar-refractivity contribution in [3.63, 3.8) is 0 Å². The summed E-state index contributed by atoms with van der Waals surface area (Å²) in [4.78, 5) is 33.3. The van der Waals surface area contributed by atoms with Gasteiger partial charge in [-0.25, -0.2) is 9.97 Å². The number of aromatic nitrogens is 2. The molecule has 3 rings (SSSR count). The predicted octanol–water partition coefficient (Wildman–Crippen LogP) is 5.64. The van der Waals surface area contributed by atoms with Gasteiger partial charge in [0.1, 0.15) is 5.69 Å². The minimum absolute atomic E-state index is 0.0914. The lowest BCUT2D eigenvalue weighted by molar-refractivity contribution is -0.116. The van der Waals surface area contributed by atoms with E-state index in [1.807, 2.05) is 55.5 Å². The van der Waals surface area contributed by atoms with E-state index in [1.165, 1.54) is 11.8 Å². The highest BCUT2D eigenvalue weighted by atomic mass is 79.9. The van der Waals surface area contributed by atoms with Crippen LogP contribution in [0.15, 0.2) is 64.4 Å². The van der Waals surface area contributed by atoms with Gasteiger partial charge in [0, 0.05) is 35.6 Å². The van der Waals surface area contributed by atoms with Gasteiger partial charge in [-0.05, 0) is 58.6 Å². The summed E-state index contributed by atoms with van der Waals surface area (Å²) in [5, 5.41) is 6.83. The van der Waals surface area contributed by atoms with Gasteiger partial charge in [0.15, 0.2) is 5.16 Å². The van der Waals surface area contributed by atoms with Crippen LogP contribution < -0.4 is 10.6 Å². The fourth-order valence-corrected chi connectivity index (χ4v) is 4.29. The van der Waals surface area contributed by atoms with Gasteiger partial charge in [-0.3, -0.25) is 9.59 Å². The molecule has 0 fully saturated rings. The number of anilines is 1. The topological polar surface area (TPSA) is 84.0 Å². The van der Waals surface area contributed by atoms with Crippen molar-refractivity contribution >= 4 is 56.8 Å². The lowest BCUT2D eigenvalue weighted by Crippen LogP contribution is -2.27. The summed E-state index contributed by atoms with van der Waals surface area (Å²) in [6.07, 6.45) is 2.38. The largest absolute Gasteiger partial charge is 0.351 e. The fourth-order valence-electron chi connectivity index (χ4n) is 2.82. The Kier molecular flexibility index (Phi) is 9.08. The molecule has 3 aromatic rings. The molecule has 2 N–H and O–H groups in total. The standard InChI is InChI=1S/C23H22BrClN4O2S/c1-15-6-4-8-17(12-15)28-20(30)10-5-11-26-22(31)21-18(24)13-27-23(29-21)32-14-16-7-2-3-9-19(16)25/h2-4,6-9,12-13H,5,10-11,14H2,1H3,(H,26,31)(H,28,30). The van der Waals surface area contributed by atoms with Crippen molar-refractivity contribution < 1.29 is 9.59 Å². The Hall–Kier alpha value is -2.42. The maximum Gasteiger partial charge on any atom is 0.271 e. The van der Waals surface area contributed by atoms with Crippen LogP contribution in [-0.4, -0.2) is 28.3 Å². The third-order valence-corrected chi connectivity index (χ3v) is 6.28. The molecule has 2 aromatic carbocycles. The molecule has 0 radical (unpaired) electrons. The van der Waals surface area contributed by atoms with Crippen LogP contribution in [0.2, 0.25) is 5.02 Å². The molecule has 0 bridgehead atoms. The van der Waals surface area contributed by atoms with Crippen molar-refractivity contribution in [3.05, 3.63) is 81.0 Å². The highest BCUT2D eigenvalue weighted by molar-refractivity contribution is 9.10. The number of benzene rings is 2. The van der Waals surface area contributed by atoms with E-state index < -0.39 is 0 Å². The number of carbonyl (C=O) groups is 2. The molecule has 166 valence electrons. The highest BCUT2D eigenvalue weighted by Gasteiger charge is 2.14. The summed E-state index contributed by atoms with van der Waals surface area (Å²) in [6.45, 7) is 2.33. The second-order valence-corrected chi connectivity index (χ2v) is 9.21. The molecule has 0 aliphatic carbocycles. The molecular weight excluding hydrogens is 512 g/mol. The Labute approximate surface area is 204 Å². The monoisotopic (exact) mass is 532 g/mol. The number of nitrogens with one attached hydrogen (secondary N) is 2. The van der Waals surface area contributed by atoms with Crippen LogP contribution in [0.4, 0.5) is 5.69 Å². The number of thioether (sulfide) groups is 1. The molecule has 32 heavy (non-hydrogen) atoms. The van der Waals surface area contributed by atoms with Crippen LogP contribution in [0.1, 0.15) is 34.5 Å². The summed E-state index contributed by atoms with van der Waals surface area (Å²) in [7, 11) is 0. The molecular formula is C23H22BrClN4O2S. The molecule has 9 heteroatoms. The van der Waals surface area contributed by atoms with E-state index >= 15 is 0 Å². The fraction of sp³-hybridized carbons (Fsp3) is 0.217. The summed E-state index contributed by atoms with van der Waals surface area (Å²) in [6, 6.07) is 15.2. The average Bonchev–Trinajstić information content (AvgIpc) is 2.77. The van der Waals surface area contributed by atoms with Crippen LogP contribution in [0.3, 0.4) is 0 Å². The van der Waals surface area contributed by atoms with Gasteiger partial charge in [0.2, 0.25) is 5.91 Å². The highest BCUT2D eigenvalue weighted by Crippen LogP contribution is 2.25. The van der Waals surface area contributed by atoms with E-state index in [-0.39, 0.29) is 17.5 Å². The van der Waals surface area contributed by atoms with Crippen LogP contribution in [0, 0.1) is 6.92 Å². The number of rotatable bonds is 9. The second kappa shape index (κ2) is 12.0. The number of hydrogen-bond donors (Lipinski definition) is 2. The number of carbonyl (C=O) groups excluding carboxylic acids is 2. The molecule has 2 amide bonds. The minimum atomic E-state index is -0.321. The zero-order chi connectivity index (χ0) is 22.9. The van der Waals surface area contributed by atoms with E-state index in [0.717, 1.165) is 16.8 Å². The molecule has 1 heterocycles. The van der Waals surface area contributed by atoms with Crippen molar-refractivity contribution in [3.8, 4) is 0 Å². The Morgan fingerprint density at radius 2 is 1.97 bits per heavy atom. The molecule has 0 aliphatic rings. The van der Waals surface area contributed by atoms with Crippen molar-refractivity contribution in [1.82, 2.24) is 15.3 Å². The first-order valence-electron chi connectivity index (χ1n) is 9.96. The lowest BCUT2D eigenvalue weighted by atomic mass is 10.2. The zero-order valence-corrected chi connectivity index (χ0v) is 20.6. The van der Waals surface area contributed by atoms with Gasteiger partial charge in [-0.15, -0.1) is 0 Å². The number of nitrogens with zero attached hydrogens (tertiary/aromatic N) is 2. The van der Waals surface area contributed by atoms with E-state index in [0.29, 0.717) is 39.8 Å². The Morgan fingerprint density at radius 1 is 1.16 bits per heavy atom. The molecule has 1 aromatic heterocycles. The Morgan fingerprint density at radius 3 is 2.75 bits per heavy atom. The molecule has 6 nitrogen and oxygen atoms in total. The van der Waals surface area contributed by atoms with Gasteiger partial charge < -0.3 is 10.6 Å². The van der Waals surface area contributed by atoms with Gasteiger partial charge in [0.25, 0.3) is 5.91 Å². The maximum atomic E-state index is 12.6. The summed E-state index contributed by atoms with van der Waals surface area (Å²) >= 11 is 10.9. The normalized spacial score (nSPS) is 10.6. The molecule has 0 saturated carbocycles. The lowest BCUT2D eigenvalue weighted by Gasteiger charge is -2.09. The Bertz CT molecular complexity index is 1110. The van der Waals surface area contributed by atoms with Crippen molar-refractivity contribution in [2.75, 3.05) is 11.9 Å². The summed E-state index contributed by atoms with van der Waals surface area (Å²) in [5.74, 6) is 0.183. The molecule has 0 saturated heterocycles. The summed E-state index contributed by atoms with van der Waals surface area (Å²) in [5.41, 5.74) is 3.08. The predicted molar refractivity (Wildman–Crippen MR) is 132 cm³/mol. The SMILES string of the molecule is Cc1cccc(NC(=O)CCCNC(=O)c2nc(SCc3ccccc3Cl)ncc2Br)c1. The van der Waals surface area contributed by atoms with E-state index in [9.17, 15) is 9.59 Å². The smallest absolute Gasteiger partial charge is 0.271 e. The van der Waals surface area contributed by atoms with E-state index in [4.69, 9.17) is 11.6 Å². The third kappa shape index (κ3) is 7.32. The molecule has 0 spiro atoms. The van der Waals surface area contributed by atoms with E-state index in [2.05, 4.69) is 36.5 Å². The van der Waals surface area contributed by atoms with Gasteiger partial charge in [0.05, 0.1) is 4.47 Å². The number of aryl methyl sites for hydroxylation is 1. The van der Waals surface area contributed by atoms with Crippen molar-refractivity contribution in [1.29, 1.82) is 0 Å². The van der Waals surface area contributed by atoms with Crippen LogP contribution >= 0.6 is 39.3 Å². The maximum absolute atomic E-state index is 12.6. The quantitative estimate of drug-likeness (QED) is 0.211. The first-order chi connectivity index (χ1) is 15.4. The first kappa shape index (κ1) is 24.2. The van der Waals surface area contributed by atoms with Gasteiger partial charge >= 0.3 is 0 Å².